The molecule has 0 saturated heterocycles. The zero-order chi connectivity index (χ0) is 16.2. The van der Waals surface area contributed by atoms with Gasteiger partial charge in [-0.15, -0.1) is 0 Å². The van der Waals surface area contributed by atoms with E-state index in [-0.39, 0.29) is 11.8 Å². The fourth-order valence-electron chi connectivity index (χ4n) is 1.91. The molecule has 21 heavy (non-hydrogen) atoms. The highest BCUT2D eigenvalue weighted by atomic mass is 16.2. The lowest BCUT2D eigenvalue weighted by molar-refractivity contribution is -0.122. The van der Waals surface area contributed by atoms with Gasteiger partial charge in [0.1, 0.15) is 6.04 Å². The van der Waals surface area contributed by atoms with E-state index in [2.05, 4.69) is 10.6 Å². The molecule has 1 aromatic carbocycles. The Kier molecular flexibility index (Phi) is 5.76. The van der Waals surface area contributed by atoms with Gasteiger partial charge in [-0.25, -0.2) is 0 Å². The number of nitrogens with two attached hydrogens (primary N) is 1. The Morgan fingerprint density at radius 2 is 1.76 bits per heavy atom. The third kappa shape index (κ3) is 4.77. The summed E-state index contributed by atoms with van der Waals surface area (Å²) in [5, 5.41) is 5.50. The molecule has 0 bridgehead atoms. The van der Waals surface area contributed by atoms with Crippen molar-refractivity contribution in [3.8, 4) is 0 Å². The molecule has 0 heterocycles. The molecule has 2 amide bonds. The summed E-state index contributed by atoms with van der Waals surface area (Å²) < 4.78 is 0. The predicted molar refractivity (Wildman–Crippen MR) is 85.1 cm³/mol. The van der Waals surface area contributed by atoms with Gasteiger partial charge < -0.3 is 16.4 Å². The van der Waals surface area contributed by atoms with Crippen molar-refractivity contribution in [3.05, 3.63) is 28.8 Å². The molecule has 0 spiro atoms. The van der Waals surface area contributed by atoms with Crippen molar-refractivity contribution in [2.45, 2.75) is 40.7 Å². The molecule has 0 saturated carbocycles. The minimum absolute atomic E-state index is 0.185. The summed E-state index contributed by atoms with van der Waals surface area (Å²) in [4.78, 5) is 24.1. The zero-order valence-electron chi connectivity index (χ0n) is 13.4. The number of amides is 2. The van der Waals surface area contributed by atoms with Gasteiger partial charge in [0.15, 0.2) is 0 Å². The number of hydrogen-bond acceptors (Lipinski definition) is 3. The lowest BCUT2D eigenvalue weighted by Gasteiger charge is -2.16. The molecule has 0 aliphatic rings. The summed E-state index contributed by atoms with van der Waals surface area (Å²) in [6, 6.07) is 2.94. The van der Waals surface area contributed by atoms with Crippen molar-refractivity contribution >= 4 is 17.5 Å². The molecule has 0 aliphatic heterocycles. The van der Waals surface area contributed by atoms with Gasteiger partial charge in [0.05, 0.1) is 0 Å². The van der Waals surface area contributed by atoms with Gasteiger partial charge >= 0.3 is 0 Å². The van der Waals surface area contributed by atoms with Gasteiger partial charge in [0.25, 0.3) is 5.91 Å². The molecule has 1 unspecified atom stereocenters. The number of carbonyl (C=O) groups is 2. The molecular formula is C16H25N3O2. The van der Waals surface area contributed by atoms with Gasteiger partial charge in [0, 0.05) is 17.8 Å². The summed E-state index contributed by atoms with van der Waals surface area (Å²) in [6.45, 7) is 10.0. The topological polar surface area (TPSA) is 84.2 Å². The van der Waals surface area contributed by atoms with Crippen molar-refractivity contribution in [2.24, 2.45) is 5.92 Å². The van der Waals surface area contributed by atoms with E-state index in [1.54, 1.807) is 13.0 Å². The summed E-state index contributed by atoms with van der Waals surface area (Å²) in [5.74, 6) is -0.0998. The monoisotopic (exact) mass is 291 g/mol. The quantitative estimate of drug-likeness (QED) is 0.723. The molecule has 4 N–H and O–H groups in total. The van der Waals surface area contributed by atoms with Crippen LogP contribution in [0.4, 0.5) is 5.69 Å². The first kappa shape index (κ1) is 17.0. The number of benzene rings is 1. The third-order valence-corrected chi connectivity index (χ3v) is 3.28. The van der Waals surface area contributed by atoms with E-state index in [0.717, 1.165) is 11.1 Å². The SMILES string of the molecule is Cc1cc(C)c(C(=O)NC(C)C(=O)NCC(C)C)cc1N. The summed E-state index contributed by atoms with van der Waals surface area (Å²) in [5.41, 5.74) is 8.69. The van der Waals surface area contributed by atoms with Gasteiger partial charge in [-0.3, -0.25) is 9.59 Å². The number of anilines is 1. The number of nitrogens with one attached hydrogen (secondary N) is 2. The van der Waals surface area contributed by atoms with E-state index in [9.17, 15) is 9.59 Å². The number of nitrogen functional groups attached to an aromatic ring is 1. The van der Waals surface area contributed by atoms with Crippen LogP contribution in [-0.4, -0.2) is 24.4 Å². The standard InChI is InChI=1S/C16H25N3O2/c1-9(2)8-18-15(20)12(5)19-16(21)13-7-14(17)11(4)6-10(13)3/h6-7,9,12H,8,17H2,1-5H3,(H,18,20)(H,19,21). The second kappa shape index (κ2) is 7.11. The van der Waals surface area contributed by atoms with Crippen LogP contribution >= 0.6 is 0 Å². The van der Waals surface area contributed by atoms with Crippen molar-refractivity contribution in [2.75, 3.05) is 12.3 Å². The molecule has 0 aromatic heterocycles. The van der Waals surface area contributed by atoms with Crippen molar-refractivity contribution in [3.63, 3.8) is 0 Å². The Balaban J connectivity index is 2.73. The Bertz CT molecular complexity index is 539. The van der Waals surface area contributed by atoms with E-state index in [4.69, 9.17) is 5.73 Å². The maximum atomic E-state index is 12.2. The highest BCUT2D eigenvalue weighted by Crippen LogP contribution is 2.17. The van der Waals surface area contributed by atoms with Crippen LogP contribution in [0.5, 0.6) is 0 Å². The molecule has 1 rings (SSSR count). The first-order chi connectivity index (χ1) is 9.72. The van der Waals surface area contributed by atoms with E-state index >= 15 is 0 Å². The normalized spacial score (nSPS) is 12.1. The maximum Gasteiger partial charge on any atom is 0.252 e. The average molecular weight is 291 g/mol. The van der Waals surface area contributed by atoms with E-state index < -0.39 is 6.04 Å². The molecule has 116 valence electrons. The highest BCUT2D eigenvalue weighted by molar-refractivity contribution is 5.99. The lowest BCUT2D eigenvalue weighted by atomic mass is 10.0. The Morgan fingerprint density at radius 3 is 2.33 bits per heavy atom. The zero-order valence-corrected chi connectivity index (χ0v) is 13.4. The Morgan fingerprint density at radius 1 is 1.14 bits per heavy atom. The Labute approximate surface area is 126 Å². The lowest BCUT2D eigenvalue weighted by Crippen LogP contribution is -2.45. The third-order valence-electron chi connectivity index (χ3n) is 3.28. The van der Waals surface area contributed by atoms with Crippen LogP contribution in [-0.2, 0) is 4.79 Å². The van der Waals surface area contributed by atoms with Crippen LogP contribution < -0.4 is 16.4 Å². The van der Waals surface area contributed by atoms with Crippen LogP contribution in [0.1, 0.15) is 42.3 Å². The summed E-state index contributed by atoms with van der Waals surface area (Å²) >= 11 is 0. The Hall–Kier alpha value is -2.04. The smallest absolute Gasteiger partial charge is 0.252 e. The molecule has 0 fully saturated rings. The first-order valence-electron chi connectivity index (χ1n) is 7.17. The minimum atomic E-state index is -0.585. The average Bonchev–Trinajstić information content (AvgIpc) is 2.39. The van der Waals surface area contributed by atoms with Crippen molar-refractivity contribution < 1.29 is 9.59 Å². The van der Waals surface area contributed by atoms with Gasteiger partial charge in [-0.1, -0.05) is 19.9 Å². The minimum Gasteiger partial charge on any atom is -0.398 e. The molecule has 0 radical (unpaired) electrons. The predicted octanol–water partition coefficient (Wildman–Crippen LogP) is 1.78. The van der Waals surface area contributed by atoms with Crippen LogP contribution in [0.25, 0.3) is 0 Å². The number of rotatable bonds is 5. The summed E-state index contributed by atoms with van der Waals surface area (Å²) in [6.07, 6.45) is 0. The van der Waals surface area contributed by atoms with Crippen molar-refractivity contribution in [1.29, 1.82) is 0 Å². The molecule has 1 aromatic rings. The van der Waals surface area contributed by atoms with E-state index in [0.29, 0.717) is 23.7 Å². The maximum absolute atomic E-state index is 12.2. The van der Waals surface area contributed by atoms with Gasteiger partial charge in [-0.2, -0.15) is 0 Å². The van der Waals surface area contributed by atoms with Gasteiger partial charge in [0.2, 0.25) is 5.91 Å². The van der Waals surface area contributed by atoms with E-state index in [1.165, 1.54) is 0 Å². The number of hydrogen-bond donors (Lipinski definition) is 3. The van der Waals surface area contributed by atoms with Crippen LogP contribution in [0.15, 0.2) is 12.1 Å². The molecule has 5 nitrogen and oxygen atoms in total. The summed E-state index contributed by atoms with van der Waals surface area (Å²) in [7, 11) is 0. The van der Waals surface area contributed by atoms with E-state index in [1.807, 2.05) is 33.8 Å². The molecule has 0 aliphatic carbocycles. The van der Waals surface area contributed by atoms with Crippen LogP contribution in [0, 0.1) is 19.8 Å². The van der Waals surface area contributed by atoms with Crippen molar-refractivity contribution in [1.82, 2.24) is 10.6 Å². The highest BCUT2D eigenvalue weighted by Gasteiger charge is 2.18. The first-order valence-corrected chi connectivity index (χ1v) is 7.17. The molecule has 5 heteroatoms. The van der Waals surface area contributed by atoms with Crippen LogP contribution in [0.3, 0.4) is 0 Å². The fourth-order valence-corrected chi connectivity index (χ4v) is 1.91. The largest absolute Gasteiger partial charge is 0.398 e. The molecule has 1 atom stereocenters. The van der Waals surface area contributed by atoms with Gasteiger partial charge in [-0.05, 0) is 43.9 Å². The fraction of sp³-hybridized carbons (Fsp3) is 0.500. The second-order valence-corrected chi connectivity index (χ2v) is 5.86. The number of carbonyl (C=O) groups excluding carboxylic acids is 2. The van der Waals surface area contributed by atoms with Crippen LogP contribution in [0.2, 0.25) is 0 Å². The molecular weight excluding hydrogens is 266 g/mol. The number of aryl methyl sites for hydroxylation is 2. The second-order valence-electron chi connectivity index (χ2n) is 5.86.